The third-order valence-electron chi connectivity index (χ3n) is 5.75. The maximum atomic E-state index is 12.9. The van der Waals surface area contributed by atoms with Gasteiger partial charge < -0.3 is 15.4 Å². The molecule has 204 valence electrons. The summed E-state index contributed by atoms with van der Waals surface area (Å²) in [6.07, 6.45) is 6.04. The average Bonchev–Trinajstić information content (AvgIpc) is 3.33. The maximum Gasteiger partial charge on any atom is 0.323 e. The van der Waals surface area contributed by atoms with Gasteiger partial charge in [0.2, 0.25) is 10.0 Å². The molecule has 2 aromatic carbocycles. The molecule has 0 atom stereocenters. The van der Waals surface area contributed by atoms with E-state index in [2.05, 4.69) is 25.3 Å². The molecule has 3 heterocycles. The molecule has 0 aliphatic carbocycles. The molecule has 11 nitrogen and oxygen atoms in total. The van der Waals surface area contributed by atoms with E-state index in [9.17, 15) is 13.2 Å². The second-order valence-electron chi connectivity index (χ2n) is 9.33. The Morgan fingerprint density at radius 2 is 1.73 bits per heavy atom. The number of carbonyl (C=O) groups is 1. The minimum absolute atomic E-state index is 0.102. The van der Waals surface area contributed by atoms with Crippen molar-refractivity contribution in [1.82, 2.24) is 19.7 Å². The van der Waals surface area contributed by atoms with Gasteiger partial charge in [-0.1, -0.05) is 12.1 Å². The highest BCUT2D eigenvalue weighted by molar-refractivity contribution is 7.92. The Bertz CT molecular complexity index is 1780. The number of hydrogen-bond donors (Lipinski definition) is 3. The molecule has 0 spiro atoms. The van der Waals surface area contributed by atoms with Gasteiger partial charge in [0.25, 0.3) is 0 Å². The zero-order chi connectivity index (χ0) is 28.3. The minimum Gasteiger partial charge on any atom is -0.457 e. The first-order valence-corrected chi connectivity index (χ1v) is 14.3. The SMILES string of the molecule is CC(C)n1cc(NC(=O)Nc2ccc(Oc3ccnc(NS(C)(=O)=O)c3)cc2)c(-c2ccc3ncccc3c2)n1. The highest BCUT2D eigenvalue weighted by atomic mass is 32.2. The van der Waals surface area contributed by atoms with Crippen molar-refractivity contribution >= 4 is 44.1 Å². The van der Waals surface area contributed by atoms with Gasteiger partial charge in [-0.3, -0.25) is 14.4 Å². The van der Waals surface area contributed by atoms with E-state index < -0.39 is 16.1 Å². The number of pyridine rings is 2. The van der Waals surface area contributed by atoms with E-state index in [1.807, 2.05) is 50.4 Å². The number of anilines is 3. The van der Waals surface area contributed by atoms with Gasteiger partial charge in [-0.05, 0) is 62.4 Å². The largest absolute Gasteiger partial charge is 0.457 e. The van der Waals surface area contributed by atoms with Crippen LogP contribution in [0.3, 0.4) is 0 Å². The molecule has 0 saturated heterocycles. The number of amides is 2. The smallest absolute Gasteiger partial charge is 0.323 e. The van der Waals surface area contributed by atoms with Gasteiger partial charge in [0, 0.05) is 47.3 Å². The summed E-state index contributed by atoms with van der Waals surface area (Å²) in [5.41, 5.74) is 3.52. The molecule has 0 saturated carbocycles. The third-order valence-corrected chi connectivity index (χ3v) is 6.33. The van der Waals surface area contributed by atoms with Crippen molar-refractivity contribution in [2.45, 2.75) is 19.9 Å². The lowest BCUT2D eigenvalue weighted by molar-refractivity contribution is 0.262. The Balaban J connectivity index is 1.28. The van der Waals surface area contributed by atoms with E-state index in [0.717, 1.165) is 22.7 Å². The van der Waals surface area contributed by atoms with Crippen molar-refractivity contribution in [3.63, 3.8) is 0 Å². The fraction of sp³-hybridized carbons (Fsp3) is 0.143. The van der Waals surface area contributed by atoms with Crippen LogP contribution in [0.15, 0.2) is 85.3 Å². The number of nitrogens with zero attached hydrogens (tertiary/aromatic N) is 4. The van der Waals surface area contributed by atoms with Crippen molar-refractivity contribution < 1.29 is 17.9 Å². The first kappa shape index (κ1) is 26.6. The number of fused-ring (bicyclic) bond motifs is 1. The summed E-state index contributed by atoms with van der Waals surface area (Å²) in [4.78, 5) is 21.3. The van der Waals surface area contributed by atoms with E-state index in [1.165, 1.54) is 12.3 Å². The maximum absolute atomic E-state index is 12.9. The number of aromatic nitrogens is 4. The van der Waals surface area contributed by atoms with Gasteiger partial charge in [0.05, 0.1) is 17.5 Å². The van der Waals surface area contributed by atoms with Gasteiger partial charge in [-0.25, -0.2) is 18.2 Å². The van der Waals surface area contributed by atoms with Crippen molar-refractivity contribution in [3.8, 4) is 22.8 Å². The molecule has 0 aliphatic rings. The molecule has 3 aromatic heterocycles. The van der Waals surface area contributed by atoms with E-state index >= 15 is 0 Å². The number of rotatable bonds is 8. The Morgan fingerprint density at radius 1 is 0.925 bits per heavy atom. The van der Waals surface area contributed by atoms with Crippen LogP contribution in [-0.4, -0.2) is 40.5 Å². The zero-order valence-corrected chi connectivity index (χ0v) is 22.8. The summed E-state index contributed by atoms with van der Waals surface area (Å²) < 4.78 is 32.8. The molecule has 0 bridgehead atoms. The summed E-state index contributed by atoms with van der Waals surface area (Å²) in [5.74, 6) is 1.04. The second kappa shape index (κ2) is 11.0. The van der Waals surface area contributed by atoms with Crippen LogP contribution in [0.25, 0.3) is 22.2 Å². The molecule has 0 fully saturated rings. The van der Waals surface area contributed by atoms with Crippen LogP contribution < -0.4 is 20.1 Å². The quantitative estimate of drug-likeness (QED) is 0.216. The van der Waals surface area contributed by atoms with Crippen LogP contribution in [0.1, 0.15) is 19.9 Å². The van der Waals surface area contributed by atoms with E-state index in [4.69, 9.17) is 9.84 Å². The van der Waals surface area contributed by atoms with Crippen molar-refractivity contribution in [2.24, 2.45) is 0 Å². The fourth-order valence-corrected chi connectivity index (χ4v) is 4.42. The Labute approximate surface area is 231 Å². The Kier molecular flexibility index (Phi) is 7.34. The fourth-order valence-electron chi connectivity index (χ4n) is 3.93. The summed E-state index contributed by atoms with van der Waals surface area (Å²) in [6, 6.07) is 19.3. The predicted molar refractivity (Wildman–Crippen MR) is 155 cm³/mol. The topological polar surface area (TPSA) is 140 Å². The number of hydrogen-bond acceptors (Lipinski definition) is 7. The lowest BCUT2D eigenvalue weighted by Crippen LogP contribution is -2.19. The van der Waals surface area contributed by atoms with Gasteiger partial charge in [-0.2, -0.15) is 5.10 Å². The minimum atomic E-state index is -3.46. The van der Waals surface area contributed by atoms with Crippen LogP contribution in [0.5, 0.6) is 11.5 Å². The second-order valence-corrected chi connectivity index (χ2v) is 11.1. The van der Waals surface area contributed by atoms with Gasteiger partial charge in [-0.15, -0.1) is 0 Å². The molecule has 12 heteroatoms. The van der Waals surface area contributed by atoms with Crippen molar-refractivity contribution in [3.05, 3.63) is 85.3 Å². The predicted octanol–water partition coefficient (Wildman–Crippen LogP) is 5.88. The lowest BCUT2D eigenvalue weighted by atomic mass is 10.1. The van der Waals surface area contributed by atoms with E-state index in [-0.39, 0.29) is 11.9 Å². The molecule has 0 unspecified atom stereocenters. The molecule has 3 N–H and O–H groups in total. The van der Waals surface area contributed by atoms with Crippen LogP contribution in [-0.2, 0) is 10.0 Å². The first-order chi connectivity index (χ1) is 19.1. The van der Waals surface area contributed by atoms with Gasteiger partial charge in [0.15, 0.2) is 0 Å². The lowest BCUT2D eigenvalue weighted by Gasteiger charge is -2.10. The number of sulfonamides is 1. The summed E-state index contributed by atoms with van der Waals surface area (Å²) in [7, 11) is -3.46. The van der Waals surface area contributed by atoms with Crippen molar-refractivity contribution in [2.75, 3.05) is 21.6 Å². The molecule has 0 radical (unpaired) electrons. The van der Waals surface area contributed by atoms with Crippen molar-refractivity contribution in [1.29, 1.82) is 0 Å². The van der Waals surface area contributed by atoms with Gasteiger partial charge in [0.1, 0.15) is 23.0 Å². The summed E-state index contributed by atoms with van der Waals surface area (Å²) in [6.45, 7) is 4.03. The van der Waals surface area contributed by atoms with Crippen LogP contribution in [0.4, 0.5) is 22.0 Å². The van der Waals surface area contributed by atoms with E-state index in [1.54, 1.807) is 41.2 Å². The molecule has 0 aliphatic heterocycles. The highest BCUT2D eigenvalue weighted by Gasteiger charge is 2.16. The molecule has 5 aromatic rings. The number of benzene rings is 2. The molecule has 40 heavy (non-hydrogen) atoms. The Morgan fingerprint density at radius 3 is 2.48 bits per heavy atom. The monoisotopic (exact) mass is 557 g/mol. The Hall–Kier alpha value is -4.97. The average molecular weight is 558 g/mol. The number of carbonyl (C=O) groups excluding carboxylic acids is 1. The summed E-state index contributed by atoms with van der Waals surface area (Å²) >= 11 is 0. The third kappa shape index (κ3) is 6.53. The van der Waals surface area contributed by atoms with E-state index in [0.29, 0.717) is 28.6 Å². The van der Waals surface area contributed by atoms with Gasteiger partial charge >= 0.3 is 6.03 Å². The molecular weight excluding hydrogens is 530 g/mol. The van der Waals surface area contributed by atoms with Crippen LogP contribution in [0.2, 0.25) is 0 Å². The number of urea groups is 1. The number of ether oxygens (including phenoxy) is 1. The molecular formula is C28H27N7O4S. The molecule has 2 amide bonds. The first-order valence-electron chi connectivity index (χ1n) is 12.4. The normalized spacial score (nSPS) is 11.4. The molecule has 5 rings (SSSR count). The zero-order valence-electron chi connectivity index (χ0n) is 22.0. The standard InChI is InChI=1S/C28H27N7O4S/c1-18(2)35-17-25(27(33-35)20-6-11-24-19(15-20)5-4-13-29-24)32-28(36)31-21-7-9-22(10-8-21)39-23-12-14-30-26(16-23)34-40(3,37)38/h4-18H,1-3H3,(H,30,34)(H2,31,32,36). The van der Waals surface area contributed by atoms with Crippen LogP contribution in [0, 0.1) is 0 Å². The number of nitrogens with one attached hydrogen (secondary N) is 3. The highest BCUT2D eigenvalue weighted by Crippen LogP contribution is 2.30. The van der Waals surface area contributed by atoms with Crippen LogP contribution >= 0.6 is 0 Å². The summed E-state index contributed by atoms with van der Waals surface area (Å²) in [5, 5.41) is 11.4.